The van der Waals surface area contributed by atoms with Crippen molar-refractivity contribution in [2.45, 2.75) is 0 Å². The molecule has 0 heterocycles. The van der Waals surface area contributed by atoms with Gasteiger partial charge in [-0.15, -0.1) is 63.6 Å². The number of hydrogen-bond acceptors (Lipinski definition) is 0. The molecule has 1 aromatic carbocycles. The Hall–Kier alpha value is 1.41. The molecule has 0 aliphatic heterocycles. The van der Waals surface area contributed by atoms with E-state index in [9.17, 15) is 0 Å². The van der Waals surface area contributed by atoms with Crippen molar-refractivity contribution in [3.05, 3.63) is 28.9 Å². The zero-order valence-electron chi connectivity index (χ0n) is 7.37. The van der Waals surface area contributed by atoms with Gasteiger partial charge in [-0.1, -0.05) is 0 Å². The number of benzene rings is 1. The highest BCUT2D eigenvalue weighted by Crippen LogP contribution is 2.28. The summed E-state index contributed by atoms with van der Waals surface area (Å²) in [6.45, 7) is 0. The first-order chi connectivity index (χ1) is 5.80. The molecule has 69 valence electrons. The normalized spacial score (nSPS) is 10.2. The van der Waals surface area contributed by atoms with Gasteiger partial charge in [0.25, 0.3) is 0 Å². The van der Waals surface area contributed by atoms with Crippen molar-refractivity contribution < 1.29 is 0 Å². The summed E-state index contributed by atoms with van der Waals surface area (Å²) in [6.07, 6.45) is 0. The second-order valence-corrected chi connectivity index (χ2v) is 9.13. The Morgan fingerprint density at radius 3 is 1.08 bits per heavy atom. The molecule has 0 fully saturated rings. The summed E-state index contributed by atoms with van der Waals surface area (Å²) in [7, 11) is 0. The van der Waals surface area contributed by atoms with E-state index < -0.39 is 0 Å². The standard InChI is InChI=1S/C9H12I3/c1-10-7-4-8(11-2)6-9(5-7)12-3/h4-6H,1-3H3. The van der Waals surface area contributed by atoms with Crippen LogP contribution in [0.3, 0.4) is 0 Å². The highest BCUT2D eigenvalue weighted by atomic mass is 127. The van der Waals surface area contributed by atoms with E-state index in [1.807, 2.05) is 0 Å². The molecule has 12 heavy (non-hydrogen) atoms. The third-order valence-corrected chi connectivity index (χ3v) is 7.09. The summed E-state index contributed by atoms with van der Waals surface area (Å²) in [6, 6.07) is 7.30. The van der Waals surface area contributed by atoms with Crippen molar-refractivity contribution in [3.63, 3.8) is 0 Å². The maximum absolute atomic E-state index is 2.43. The fourth-order valence-electron chi connectivity index (χ4n) is 0.848. The van der Waals surface area contributed by atoms with Crippen molar-refractivity contribution in [2.75, 3.05) is 14.8 Å². The lowest BCUT2D eigenvalue weighted by atomic mass is 10.4. The summed E-state index contributed by atoms with van der Waals surface area (Å²) in [5.41, 5.74) is 0. The van der Waals surface area contributed by atoms with E-state index in [1.54, 1.807) is 10.7 Å². The third kappa shape index (κ3) is 3.28. The van der Waals surface area contributed by atoms with Crippen molar-refractivity contribution in [3.8, 4) is 0 Å². The highest BCUT2D eigenvalue weighted by Gasteiger charge is 1.98. The van der Waals surface area contributed by atoms with Gasteiger partial charge >= 0.3 is 0 Å². The van der Waals surface area contributed by atoms with E-state index in [1.165, 1.54) is 0 Å². The first kappa shape index (κ1) is 11.5. The zero-order valence-corrected chi connectivity index (χ0v) is 13.8. The van der Waals surface area contributed by atoms with Crippen LogP contribution < -0.4 is 0 Å². The summed E-state index contributed by atoms with van der Waals surface area (Å²) in [5.74, 6) is 0. The Bertz CT molecular complexity index is 203. The van der Waals surface area contributed by atoms with Gasteiger partial charge in [-0.25, -0.2) is 0 Å². The van der Waals surface area contributed by atoms with E-state index in [0.717, 1.165) is 0 Å². The van der Waals surface area contributed by atoms with Gasteiger partial charge in [0, 0.05) is 10.7 Å². The van der Waals surface area contributed by atoms with Crippen molar-refractivity contribution in [2.24, 2.45) is 0 Å². The Kier molecular flexibility index (Phi) is 5.74. The van der Waals surface area contributed by atoms with Crippen molar-refractivity contribution >= 4 is 63.6 Å². The highest BCUT2D eigenvalue weighted by molar-refractivity contribution is 14.2. The van der Waals surface area contributed by atoms with E-state index in [-0.39, 0.29) is 0 Å². The van der Waals surface area contributed by atoms with Gasteiger partial charge in [-0.3, -0.25) is 0 Å². The van der Waals surface area contributed by atoms with Crippen LogP contribution in [-0.4, -0.2) is 14.8 Å². The predicted octanol–water partition coefficient (Wildman–Crippen LogP) is 4.00. The maximum atomic E-state index is 2.43. The molecule has 0 saturated carbocycles. The molecule has 1 rings (SSSR count). The molecule has 0 aliphatic carbocycles. The van der Waals surface area contributed by atoms with E-state index >= 15 is 0 Å². The topological polar surface area (TPSA) is 0 Å². The minimum absolute atomic E-state index is 0.299. The largest absolute Gasteiger partial charge is 0.118 e. The third-order valence-electron chi connectivity index (χ3n) is 1.48. The molecule has 3 radical (unpaired) electrons. The van der Waals surface area contributed by atoms with Crippen LogP contribution in [0.5, 0.6) is 0 Å². The molecular formula is C9H12I3. The molecule has 0 nitrogen and oxygen atoms in total. The van der Waals surface area contributed by atoms with Gasteiger partial charge in [-0.2, -0.15) is 0 Å². The van der Waals surface area contributed by atoms with Crippen LogP contribution in [0, 0.1) is 10.7 Å². The van der Waals surface area contributed by atoms with Crippen LogP contribution in [0.25, 0.3) is 0 Å². The summed E-state index contributed by atoms with van der Waals surface area (Å²) >= 11 is 0.896. The molecular weight excluding hydrogens is 489 g/mol. The molecule has 0 aromatic heterocycles. The number of halogens is 3. The minimum Gasteiger partial charge on any atom is -0.118 e. The smallest absolute Gasteiger partial charge is 0.00559 e. The number of rotatable bonds is 3. The van der Waals surface area contributed by atoms with Crippen LogP contribution in [0.15, 0.2) is 18.2 Å². The molecule has 0 unspecified atom stereocenters. The lowest BCUT2D eigenvalue weighted by Gasteiger charge is -2.03. The van der Waals surface area contributed by atoms with Gasteiger partial charge in [0.1, 0.15) is 0 Å². The first-order valence-corrected chi connectivity index (χ1v) is 13.1. The molecule has 0 amide bonds. The Morgan fingerprint density at radius 2 is 0.917 bits per heavy atom. The van der Waals surface area contributed by atoms with Crippen molar-refractivity contribution in [1.29, 1.82) is 0 Å². The van der Waals surface area contributed by atoms with Crippen LogP contribution >= 0.6 is 63.6 Å². The fourth-order valence-corrected chi connectivity index (χ4v) is 6.52. The average molecular weight is 501 g/mol. The average Bonchev–Trinajstić information content (AvgIpc) is 2.16. The molecule has 0 aliphatic rings. The quantitative estimate of drug-likeness (QED) is 0.435. The molecule has 1 aromatic rings. The Morgan fingerprint density at radius 1 is 0.667 bits per heavy atom. The summed E-state index contributed by atoms with van der Waals surface area (Å²) in [5, 5.41) is 0. The SMILES string of the molecule is C[I]c1cc([I]C)cc([I]C)c1. The molecule has 0 saturated heterocycles. The molecule has 0 N–H and O–H groups in total. The van der Waals surface area contributed by atoms with Gasteiger partial charge in [0.15, 0.2) is 0 Å². The van der Waals surface area contributed by atoms with Crippen LogP contribution in [0.4, 0.5) is 0 Å². The zero-order chi connectivity index (χ0) is 8.97. The van der Waals surface area contributed by atoms with Gasteiger partial charge in [0.2, 0.25) is 0 Å². The molecule has 3 heteroatoms. The molecule has 0 atom stereocenters. The molecule has 0 bridgehead atoms. The fraction of sp³-hybridized carbons (Fsp3) is 0.333. The van der Waals surface area contributed by atoms with E-state index in [0.29, 0.717) is 63.6 Å². The first-order valence-electron chi connectivity index (χ1n) is 3.43. The monoisotopic (exact) mass is 501 g/mol. The minimum atomic E-state index is 0.299. The van der Waals surface area contributed by atoms with Crippen LogP contribution in [0.1, 0.15) is 0 Å². The summed E-state index contributed by atoms with van der Waals surface area (Å²) < 4.78 is 4.93. The second kappa shape index (κ2) is 6.00. The summed E-state index contributed by atoms with van der Waals surface area (Å²) in [4.78, 5) is 7.05. The Labute approximate surface area is 106 Å². The van der Waals surface area contributed by atoms with Crippen LogP contribution in [0.2, 0.25) is 0 Å². The number of alkyl halides is 3. The van der Waals surface area contributed by atoms with Gasteiger partial charge in [-0.05, 0) is 33.0 Å². The lowest BCUT2D eigenvalue weighted by molar-refractivity contribution is 1.54. The second-order valence-electron chi connectivity index (χ2n) is 2.15. The predicted molar refractivity (Wildman–Crippen MR) is 82.4 cm³/mol. The lowest BCUT2D eigenvalue weighted by Crippen LogP contribution is -1.82. The van der Waals surface area contributed by atoms with Crippen molar-refractivity contribution in [1.82, 2.24) is 0 Å². The Balaban J connectivity index is 3.01. The van der Waals surface area contributed by atoms with Gasteiger partial charge in [0.05, 0.1) is 0 Å². The number of hydrogen-bond donors (Lipinski definition) is 0. The molecule has 0 spiro atoms. The van der Waals surface area contributed by atoms with E-state index in [4.69, 9.17) is 0 Å². The van der Waals surface area contributed by atoms with Gasteiger partial charge < -0.3 is 0 Å². The van der Waals surface area contributed by atoms with E-state index in [2.05, 4.69) is 33.0 Å². The van der Waals surface area contributed by atoms with Crippen LogP contribution in [-0.2, 0) is 0 Å². The maximum Gasteiger partial charge on any atom is 0.00559 e.